The summed E-state index contributed by atoms with van der Waals surface area (Å²) in [5.41, 5.74) is 2.13. The number of benzene rings is 1. The van der Waals surface area contributed by atoms with Crippen LogP contribution in [-0.2, 0) is 11.2 Å². The number of hydrogen-bond acceptors (Lipinski definition) is 2. The molecule has 2 nitrogen and oxygen atoms in total. The van der Waals surface area contributed by atoms with E-state index in [9.17, 15) is 9.90 Å². The maximum Gasteiger partial charge on any atom is 0.0643 e. The number of carboxylic acids is 1. The number of carbonyl (C=O) groups is 1. The number of carboxylic acid groups (broad SMARTS) is 1. The molecule has 0 aromatic heterocycles. The Kier molecular flexibility index (Phi) is 3.92. The smallest absolute Gasteiger partial charge is 0.0643 e. The van der Waals surface area contributed by atoms with E-state index in [2.05, 4.69) is 6.92 Å². The Bertz CT molecular complexity index is 340. The molecule has 0 heterocycles. The zero-order valence-corrected chi connectivity index (χ0v) is 8.19. The van der Waals surface area contributed by atoms with Gasteiger partial charge in [0.15, 0.2) is 0 Å². The topological polar surface area (TPSA) is 40.1 Å². The van der Waals surface area contributed by atoms with Crippen molar-refractivity contribution in [2.24, 2.45) is 0 Å². The van der Waals surface area contributed by atoms with Crippen molar-refractivity contribution in [3.63, 3.8) is 0 Å². The largest absolute Gasteiger partial charge is 0.545 e. The summed E-state index contributed by atoms with van der Waals surface area (Å²) in [7, 11) is 0. The fourth-order valence-electron chi connectivity index (χ4n) is 1.35. The van der Waals surface area contributed by atoms with Gasteiger partial charge in [-0.3, -0.25) is 0 Å². The highest BCUT2D eigenvalue weighted by Gasteiger charge is 1.95. The van der Waals surface area contributed by atoms with Crippen molar-refractivity contribution in [3.05, 3.63) is 41.5 Å². The molecule has 0 amide bonds. The van der Waals surface area contributed by atoms with Crippen molar-refractivity contribution >= 4 is 12.0 Å². The Hall–Kier alpha value is -1.57. The average Bonchev–Trinajstić information content (AvgIpc) is 2.17. The standard InChI is InChI=1S/C12H14O2/c1-2-5-10-6-3-4-7-11(10)8-9-12(13)14/h3-4,6-9H,2,5H2,1H3,(H,13,14)/p-1/b9-8+. The minimum Gasteiger partial charge on any atom is -0.545 e. The summed E-state index contributed by atoms with van der Waals surface area (Å²) in [6.45, 7) is 2.10. The van der Waals surface area contributed by atoms with Crippen LogP contribution in [0.3, 0.4) is 0 Å². The van der Waals surface area contributed by atoms with Crippen molar-refractivity contribution in [3.8, 4) is 0 Å². The molecule has 0 saturated heterocycles. The Morgan fingerprint density at radius 2 is 2.14 bits per heavy atom. The molecule has 14 heavy (non-hydrogen) atoms. The zero-order chi connectivity index (χ0) is 10.4. The fraction of sp³-hybridized carbons (Fsp3) is 0.250. The monoisotopic (exact) mass is 189 g/mol. The van der Waals surface area contributed by atoms with Gasteiger partial charge in [-0.25, -0.2) is 0 Å². The molecular weight excluding hydrogens is 176 g/mol. The molecule has 0 radical (unpaired) electrons. The molecule has 2 heteroatoms. The first-order chi connectivity index (χ1) is 6.74. The third-order valence-electron chi connectivity index (χ3n) is 1.97. The first kappa shape index (κ1) is 10.5. The number of hydrogen-bond donors (Lipinski definition) is 0. The van der Waals surface area contributed by atoms with Crippen LogP contribution in [-0.4, -0.2) is 5.97 Å². The van der Waals surface area contributed by atoms with Crippen LogP contribution >= 0.6 is 0 Å². The quantitative estimate of drug-likeness (QED) is 0.672. The first-order valence-electron chi connectivity index (χ1n) is 4.71. The molecule has 0 bridgehead atoms. The van der Waals surface area contributed by atoms with Crippen molar-refractivity contribution in [2.45, 2.75) is 19.8 Å². The molecule has 0 aliphatic heterocycles. The molecule has 0 fully saturated rings. The van der Waals surface area contributed by atoms with Crippen LogP contribution in [0.1, 0.15) is 24.5 Å². The van der Waals surface area contributed by atoms with Crippen molar-refractivity contribution in [1.29, 1.82) is 0 Å². The SMILES string of the molecule is CCCc1ccccc1/C=C/C(=O)[O-]. The minimum absolute atomic E-state index is 0.957. The zero-order valence-electron chi connectivity index (χ0n) is 8.19. The van der Waals surface area contributed by atoms with Gasteiger partial charge in [0.05, 0.1) is 5.97 Å². The van der Waals surface area contributed by atoms with Crippen LogP contribution in [0.5, 0.6) is 0 Å². The maximum atomic E-state index is 10.2. The molecule has 1 aromatic rings. The van der Waals surface area contributed by atoms with Crippen molar-refractivity contribution in [1.82, 2.24) is 0 Å². The molecule has 0 aliphatic carbocycles. The molecule has 0 saturated carbocycles. The number of carbonyl (C=O) groups excluding carboxylic acids is 1. The number of aryl methyl sites for hydroxylation is 1. The van der Waals surface area contributed by atoms with Crippen molar-refractivity contribution in [2.75, 3.05) is 0 Å². The lowest BCUT2D eigenvalue weighted by Crippen LogP contribution is -2.18. The molecule has 0 unspecified atom stereocenters. The van der Waals surface area contributed by atoms with Crippen LogP contribution in [0.15, 0.2) is 30.3 Å². The van der Waals surface area contributed by atoms with E-state index in [-0.39, 0.29) is 0 Å². The van der Waals surface area contributed by atoms with Gasteiger partial charge >= 0.3 is 0 Å². The summed E-state index contributed by atoms with van der Waals surface area (Å²) in [6.07, 6.45) is 4.67. The van der Waals surface area contributed by atoms with Gasteiger partial charge in [0, 0.05) is 0 Å². The van der Waals surface area contributed by atoms with E-state index in [1.54, 1.807) is 6.08 Å². The summed E-state index contributed by atoms with van der Waals surface area (Å²) in [5, 5.41) is 10.2. The van der Waals surface area contributed by atoms with Gasteiger partial charge in [-0.1, -0.05) is 43.7 Å². The lowest BCUT2D eigenvalue weighted by atomic mass is 10.0. The van der Waals surface area contributed by atoms with E-state index in [1.165, 1.54) is 5.56 Å². The van der Waals surface area contributed by atoms with E-state index in [4.69, 9.17) is 0 Å². The fourth-order valence-corrected chi connectivity index (χ4v) is 1.35. The van der Waals surface area contributed by atoms with Crippen LogP contribution in [0.4, 0.5) is 0 Å². The Morgan fingerprint density at radius 1 is 1.43 bits per heavy atom. The molecular formula is C12H13O2-. The summed E-state index contributed by atoms with van der Waals surface area (Å²) in [5.74, 6) is -1.16. The van der Waals surface area contributed by atoms with E-state index in [0.29, 0.717) is 0 Å². The van der Waals surface area contributed by atoms with Gasteiger partial charge < -0.3 is 9.90 Å². The predicted octanol–water partition coefficient (Wildman–Crippen LogP) is 1.40. The van der Waals surface area contributed by atoms with Crippen LogP contribution in [0, 0.1) is 0 Å². The van der Waals surface area contributed by atoms with Gasteiger partial charge in [-0.05, 0) is 23.6 Å². The highest BCUT2D eigenvalue weighted by atomic mass is 16.4. The summed E-state index contributed by atoms with van der Waals surface area (Å²) in [4.78, 5) is 10.2. The van der Waals surface area contributed by atoms with E-state index < -0.39 is 5.97 Å². The average molecular weight is 189 g/mol. The van der Waals surface area contributed by atoms with Crippen LogP contribution < -0.4 is 5.11 Å². The van der Waals surface area contributed by atoms with Gasteiger partial charge in [-0.2, -0.15) is 0 Å². The van der Waals surface area contributed by atoms with Gasteiger partial charge in [0.2, 0.25) is 0 Å². The second-order valence-electron chi connectivity index (χ2n) is 3.10. The van der Waals surface area contributed by atoms with E-state index >= 15 is 0 Å². The first-order valence-corrected chi connectivity index (χ1v) is 4.71. The summed E-state index contributed by atoms with van der Waals surface area (Å²) >= 11 is 0. The normalized spacial score (nSPS) is 10.6. The second kappa shape index (κ2) is 5.22. The molecule has 0 aliphatic rings. The van der Waals surface area contributed by atoms with Crippen molar-refractivity contribution < 1.29 is 9.90 Å². The highest BCUT2D eigenvalue weighted by Crippen LogP contribution is 2.12. The molecule has 0 spiro atoms. The van der Waals surface area contributed by atoms with Gasteiger partial charge in [0.25, 0.3) is 0 Å². The van der Waals surface area contributed by atoms with E-state index in [0.717, 1.165) is 24.5 Å². The summed E-state index contributed by atoms with van der Waals surface area (Å²) < 4.78 is 0. The number of aliphatic carboxylic acids is 1. The molecule has 1 rings (SSSR count). The lowest BCUT2D eigenvalue weighted by Gasteiger charge is -2.03. The molecule has 0 N–H and O–H groups in total. The third-order valence-corrected chi connectivity index (χ3v) is 1.97. The molecule has 0 atom stereocenters. The molecule has 74 valence electrons. The Labute approximate surface area is 83.9 Å². The predicted molar refractivity (Wildman–Crippen MR) is 54.5 cm³/mol. The Balaban J connectivity index is 2.89. The lowest BCUT2D eigenvalue weighted by molar-refractivity contribution is -0.297. The molecule has 1 aromatic carbocycles. The Morgan fingerprint density at radius 3 is 2.79 bits per heavy atom. The minimum atomic E-state index is -1.16. The van der Waals surface area contributed by atoms with Gasteiger partial charge in [0.1, 0.15) is 0 Å². The third kappa shape index (κ3) is 3.05. The summed E-state index contributed by atoms with van der Waals surface area (Å²) in [6, 6.07) is 7.78. The van der Waals surface area contributed by atoms with Crippen LogP contribution in [0.25, 0.3) is 6.08 Å². The second-order valence-corrected chi connectivity index (χ2v) is 3.10. The van der Waals surface area contributed by atoms with Crippen LogP contribution in [0.2, 0.25) is 0 Å². The highest BCUT2D eigenvalue weighted by molar-refractivity contribution is 5.83. The maximum absolute atomic E-state index is 10.2. The van der Waals surface area contributed by atoms with Gasteiger partial charge in [-0.15, -0.1) is 0 Å². The van der Waals surface area contributed by atoms with E-state index in [1.807, 2.05) is 24.3 Å². The number of rotatable bonds is 4.